The number of piperidine rings is 1. The van der Waals surface area contributed by atoms with Crippen LogP contribution in [0, 0.1) is 0 Å². The van der Waals surface area contributed by atoms with Gasteiger partial charge in [-0.3, -0.25) is 4.79 Å². The molecule has 1 unspecified atom stereocenters. The lowest BCUT2D eigenvalue weighted by atomic mass is 10.1. The van der Waals surface area contributed by atoms with Gasteiger partial charge in [-0.05, 0) is 31.0 Å². The van der Waals surface area contributed by atoms with E-state index in [4.69, 9.17) is 4.74 Å². The van der Waals surface area contributed by atoms with Gasteiger partial charge >= 0.3 is 0 Å². The lowest BCUT2D eigenvalue weighted by molar-refractivity contribution is -0.122. The third-order valence-corrected chi connectivity index (χ3v) is 3.18. The summed E-state index contributed by atoms with van der Waals surface area (Å²) in [6.45, 7) is 3.78. The summed E-state index contributed by atoms with van der Waals surface area (Å²) in [4.78, 5) is 11.1. The van der Waals surface area contributed by atoms with E-state index < -0.39 is 0 Å². The standard InChI is InChI=1S/C14H20N2O3/c1-2-19-13-7-10(3-5-12(13)17)8-15-11-4-6-14(18)16-9-11/h3,5,7,11,15,17H,2,4,6,8-9H2,1H3,(H,16,18). The number of phenols is 1. The van der Waals surface area contributed by atoms with Crippen molar-refractivity contribution in [2.24, 2.45) is 0 Å². The first kappa shape index (κ1) is 13.7. The monoisotopic (exact) mass is 264 g/mol. The highest BCUT2D eigenvalue weighted by molar-refractivity contribution is 5.76. The zero-order chi connectivity index (χ0) is 13.7. The number of rotatable bonds is 5. The van der Waals surface area contributed by atoms with Crippen molar-refractivity contribution in [2.45, 2.75) is 32.4 Å². The van der Waals surface area contributed by atoms with Crippen LogP contribution in [0.15, 0.2) is 18.2 Å². The first-order chi connectivity index (χ1) is 9.19. The van der Waals surface area contributed by atoms with Gasteiger partial charge in [0.05, 0.1) is 6.61 Å². The Morgan fingerprint density at radius 3 is 3.05 bits per heavy atom. The Bertz CT molecular complexity index is 438. The molecule has 0 aromatic heterocycles. The maximum atomic E-state index is 11.1. The lowest BCUT2D eigenvalue weighted by Crippen LogP contribution is -2.45. The number of phenolic OH excluding ortho intramolecular Hbond substituents is 1. The summed E-state index contributed by atoms with van der Waals surface area (Å²) < 4.78 is 5.35. The fraction of sp³-hybridized carbons (Fsp3) is 0.500. The Labute approximate surface area is 113 Å². The molecular formula is C14H20N2O3. The number of hydrogen-bond donors (Lipinski definition) is 3. The third kappa shape index (κ3) is 3.86. The Hall–Kier alpha value is -1.75. The van der Waals surface area contributed by atoms with Gasteiger partial charge in [0.15, 0.2) is 11.5 Å². The molecule has 0 spiro atoms. The van der Waals surface area contributed by atoms with Gasteiger partial charge < -0.3 is 20.5 Å². The summed E-state index contributed by atoms with van der Waals surface area (Å²) >= 11 is 0. The SMILES string of the molecule is CCOc1cc(CNC2CCC(=O)NC2)ccc1O. The van der Waals surface area contributed by atoms with Gasteiger partial charge in [0, 0.05) is 25.6 Å². The second-order valence-electron chi connectivity index (χ2n) is 4.66. The molecule has 1 heterocycles. The Morgan fingerprint density at radius 1 is 1.53 bits per heavy atom. The second kappa shape index (κ2) is 6.43. The van der Waals surface area contributed by atoms with Crippen LogP contribution in [0.5, 0.6) is 11.5 Å². The van der Waals surface area contributed by atoms with Gasteiger partial charge in [0.1, 0.15) is 0 Å². The van der Waals surface area contributed by atoms with Crippen LogP contribution in [-0.2, 0) is 11.3 Å². The number of carbonyl (C=O) groups is 1. The van der Waals surface area contributed by atoms with Crippen molar-refractivity contribution in [1.29, 1.82) is 0 Å². The molecule has 1 aromatic carbocycles. The zero-order valence-electron chi connectivity index (χ0n) is 11.1. The van der Waals surface area contributed by atoms with Crippen molar-refractivity contribution in [2.75, 3.05) is 13.2 Å². The van der Waals surface area contributed by atoms with E-state index in [1.165, 1.54) is 0 Å². The minimum absolute atomic E-state index is 0.126. The Kier molecular flexibility index (Phi) is 4.63. The summed E-state index contributed by atoms with van der Waals surface area (Å²) in [5.41, 5.74) is 1.05. The number of amides is 1. The molecule has 104 valence electrons. The highest BCUT2D eigenvalue weighted by Gasteiger charge is 2.17. The zero-order valence-corrected chi connectivity index (χ0v) is 11.1. The van der Waals surface area contributed by atoms with Crippen LogP contribution in [0.2, 0.25) is 0 Å². The molecule has 0 aliphatic carbocycles. The fourth-order valence-corrected chi connectivity index (χ4v) is 2.11. The molecule has 1 aromatic rings. The fourth-order valence-electron chi connectivity index (χ4n) is 2.11. The number of carbonyl (C=O) groups excluding carboxylic acids is 1. The molecule has 1 fully saturated rings. The molecule has 0 radical (unpaired) electrons. The number of aromatic hydroxyl groups is 1. The minimum atomic E-state index is 0.126. The van der Waals surface area contributed by atoms with Crippen molar-refractivity contribution in [3.63, 3.8) is 0 Å². The first-order valence-corrected chi connectivity index (χ1v) is 6.64. The largest absolute Gasteiger partial charge is 0.504 e. The van der Waals surface area contributed by atoms with E-state index in [0.717, 1.165) is 12.0 Å². The normalized spacial score (nSPS) is 19.0. The van der Waals surface area contributed by atoms with Crippen LogP contribution in [0.1, 0.15) is 25.3 Å². The van der Waals surface area contributed by atoms with E-state index in [9.17, 15) is 9.90 Å². The number of hydrogen-bond acceptors (Lipinski definition) is 4. The molecule has 5 heteroatoms. The molecule has 1 amide bonds. The molecule has 1 aliphatic heterocycles. The molecule has 3 N–H and O–H groups in total. The third-order valence-electron chi connectivity index (χ3n) is 3.18. The van der Waals surface area contributed by atoms with Crippen LogP contribution >= 0.6 is 0 Å². The smallest absolute Gasteiger partial charge is 0.220 e. The molecule has 0 bridgehead atoms. The topological polar surface area (TPSA) is 70.6 Å². The van der Waals surface area contributed by atoms with Gasteiger partial charge in [-0.15, -0.1) is 0 Å². The van der Waals surface area contributed by atoms with E-state index in [1.54, 1.807) is 6.07 Å². The van der Waals surface area contributed by atoms with Crippen molar-refractivity contribution >= 4 is 5.91 Å². The van der Waals surface area contributed by atoms with Gasteiger partial charge in [-0.1, -0.05) is 6.07 Å². The summed E-state index contributed by atoms with van der Waals surface area (Å²) in [6.07, 6.45) is 1.44. The molecule has 5 nitrogen and oxygen atoms in total. The maximum Gasteiger partial charge on any atom is 0.220 e. The van der Waals surface area contributed by atoms with Crippen LogP contribution < -0.4 is 15.4 Å². The summed E-state index contributed by atoms with van der Waals surface area (Å²) in [5.74, 6) is 0.801. The van der Waals surface area contributed by atoms with Gasteiger partial charge in [0.25, 0.3) is 0 Å². The number of benzene rings is 1. The predicted molar refractivity (Wildman–Crippen MR) is 72.1 cm³/mol. The summed E-state index contributed by atoms with van der Waals surface area (Å²) in [7, 11) is 0. The van der Waals surface area contributed by atoms with Gasteiger partial charge in [0.2, 0.25) is 5.91 Å². The van der Waals surface area contributed by atoms with Crippen LogP contribution in [-0.4, -0.2) is 30.2 Å². The molecule has 0 saturated carbocycles. The van der Waals surface area contributed by atoms with Crippen LogP contribution in [0.4, 0.5) is 0 Å². The van der Waals surface area contributed by atoms with Crippen LogP contribution in [0.3, 0.4) is 0 Å². The highest BCUT2D eigenvalue weighted by Crippen LogP contribution is 2.26. The first-order valence-electron chi connectivity index (χ1n) is 6.64. The Morgan fingerprint density at radius 2 is 2.37 bits per heavy atom. The maximum absolute atomic E-state index is 11.1. The predicted octanol–water partition coefficient (Wildman–Crippen LogP) is 1.16. The van der Waals surface area contributed by atoms with E-state index in [2.05, 4.69) is 10.6 Å². The van der Waals surface area contributed by atoms with Gasteiger partial charge in [-0.25, -0.2) is 0 Å². The van der Waals surface area contributed by atoms with E-state index >= 15 is 0 Å². The van der Waals surface area contributed by atoms with Crippen molar-refractivity contribution in [3.8, 4) is 11.5 Å². The molecule has 1 saturated heterocycles. The quantitative estimate of drug-likeness (QED) is 0.746. The lowest BCUT2D eigenvalue weighted by Gasteiger charge is -2.23. The average molecular weight is 264 g/mol. The molecular weight excluding hydrogens is 244 g/mol. The van der Waals surface area contributed by atoms with E-state index in [0.29, 0.717) is 37.9 Å². The molecule has 2 rings (SSSR count). The van der Waals surface area contributed by atoms with Crippen molar-refractivity contribution in [1.82, 2.24) is 10.6 Å². The average Bonchev–Trinajstić information content (AvgIpc) is 2.42. The van der Waals surface area contributed by atoms with Crippen LogP contribution in [0.25, 0.3) is 0 Å². The summed E-state index contributed by atoms with van der Waals surface area (Å²) in [6, 6.07) is 5.66. The molecule has 1 atom stereocenters. The van der Waals surface area contributed by atoms with Crippen molar-refractivity contribution in [3.05, 3.63) is 23.8 Å². The number of nitrogens with one attached hydrogen (secondary N) is 2. The minimum Gasteiger partial charge on any atom is -0.504 e. The summed E-state index contributed by atoms with van der Waals surface area (Å²) in [5, 5.41) is 15.9. The second-order valence-corrected chi connectivity index (χ2v) is 4.66. The Balaban J connectivity index is 1.88. The molecule has 19 heavy (non-hydrogen) atoms. The highest BCUT2D eigenvalue weighted by atomic mass is 16.5. The van der Waals surface area contributed by atoms with Crippen molar-refractivity contribution < 1.29 is 14.6 Å². The van der Waals surface area contributed by atoms with E-state index in [1.807, 2.05) is 19.1 Å². The molecule has 1 aliphatic rings. The van der Waals surface area contributed by atoms with E-state index in [-0.39, 0.29) is 11.7 Å². The number of ether oxygens (including phenoxy) is 1. The van der Waals surface area contributed by atoms with Gasteiger partial charge in [-0.2, -0.15) is 0 Å².